The van der Waals surface area contributed by atoms with Crippen molar-refractivity contribution in [1.29, 1.82) is 0 Å². The molecule has 0 radical (unpaired) electrons. The molecule has 0 spiro atoms. The Hall–Kier alpha value is -1.28. The van der Waals surface area contributed by atoms with Crippen LogP contribution in [0.2, 0.25) is 5.02 Å². The third-order valence-electron chi connectivity index (χ3n) is 5.12. The van der Waals surface area contributed by atoms with Crippen LogP contribution in [0.5, 0.6) is 0 Å². The monoisotopic (exact) mass is 303 g/mol. The van der Waals surface area contributed by atoms with E-state index in [0.29, 0.717) is 10.9 Å². The van der Waals surface area contributed by atoms with Gasteiger partial charge >= 0.3 is 0 Å². The first-order chi connectivity index (χ1) is 10.1. The molecular weight excluding hydrogens is 282 g/mol. The lowest BCUT2D eigenvalue weighted by molar-refractivity contribution is -0.117. The SMILES string of the molecule is CC(NC(=O)/C=C/c1ccccc1Cl)C1CC2CCC1C2. The van der Waals surface area contributed by atoms with Crippen molar-refractivity contribution in [2.24, 2.45) is 17.8 Å². The molecule has 0 heterocycles. The molecule has 2 fully saturated rings. The van der Waals surface area contributed by atoms with Gasteiger partial charge < -0.3 is 5.32 Å². The fraction of sp³-hybridized carbons (Fsp3) is 0.500. The Labute approximate surface area is 131 Å². The maximum absolute atomic E-state index is 12.1. The first kappa shape index (κ1) is 14.6. The summed E-state index contributed by atoms with van der Waals surface area (Å²) >= 11 is 6.08. The normalized spacial score (nSPS) is 29.0. The van der Waals surface area contributed by atoms with Crippen LogP contribution in [0.25, 0.3) is 6.08 Å². The molecule has 0 saturated heterocycles. The van der Waals surface area contributed by atoms with E-state index in [9.17, 15) is 4.79 Å². The summed E-state index contributed by atoms with van der Waals surface area (Å²) in [5.41, 5.74) is 0.877. The van der Waals surface area contributed by atoms with Gasteiger partial charge in [0.1, 0.15) is 0 Å². The highest BCUT2D eigenvalue weighted by molar-refractivity contribution is 6.32. The second-order valence-electron chi connectivity index (χ2n) is 6.49. The number of carbonyl (C=O) groups is 1. The summed E-state index contributed by atoms with van der Waals surface area (Å²) in [4.78, 5) is 12.1. The zero-order chi connectivity index (χ0) is 14.8. The third-order valence-corrected chi connectivity index (χ3v) is 5.47. The van der Waals surface area contributed by atoms with Gasteiger partial charge in [-0.3, -0.25) is 4.79 Å². The van der Waals surface area contributed by atoms with Crippen molar-refractivity contribution in [1.82, 2.24) is 5.32 Å². The summed E-state index contributed by atoms with van der Waals surface area (Å²) in [5.74, 6) is 2.39. The molecule has 2 aliphatic carbocycles. The van der Waals surface area contributed by atoms with E-state index in [1.807, 2.05) is 24.3 Å². The fourth-order valence-corrected chi connectivity index (χ4v) is 4.26. The van der Waals surface area contributed by atoms with E-state index in [1.165, 1.54) is 25.7 Å². The van der Waals surface area contributed by atoms with Crippen LogP contribution in [0.1, 0.15) is 38.2 Å². The van der Waals surface area contributed by atoms with Gasteiger partial charge in [0.25, 0.3) is 0 Å². The van der Waals surface area contributed by atoms with Crippen molar-refractivity contribution < 1.29 is 4.79 Å². The van der Waals surface area contributed by atoms with Crippen LogP contribution in [0.15, 0.2) is 30.3 Å². The first-order valence-electron chi connectivity index (χ1n) is 7.86. The number of hydrogen-bond acceptors (Lipinski definition) is 1. The molecule has 2 bridgehead atoms. The molecule has 1 aromatic rings. The Kier molecular flexibility index (Phi) is 4.34. The Morgan fingerprint density at radius 2 is 2.14 bits per heavy atom. The molecular formula is C18H22ClNO. The summed E-state index contributed by atoms with van der Waals surface area (Å²) in [6.07, 6.45) is 8.79. The minimum absolute atomic E-state index is 0.0230. The van der Waals surface area contributed by atoms with E-state index >= 15 is 0 Å². The van der Waals surface area contributed by atoms with Crippen molar-refractivity contribution >= 4 is 23.6 Å². The zero-order valence-corrected chi connectivity index (χ0v) is 13.1. The predicted molar refractivity (Wildman–Crippen MR) is 87.0 cm³/mol. The molecule has 2 aliphatic rings. The van der Waals surface area contributed by atoms with Gasteiger partial charge in [-0.15, -0.1) is 0 Å². The molecule has 4 unspecified atom stereocenters. The molecule has 2 nitrogen and oxygen atoms in total. The molecule has 3 heteroatoms. The standard InChI is InChI=1S/C18H22ClNO/c1-12(16-11-13-6-7-15(16)10-13)20-18(21)9-8-14-4-2-3-5-17(14)19/h2-5,8-9,12-13,15-16H,6-7,10-11H2,1H3,(H,20,21)/b9-8+. The van der Waals surface area contributed by atoms with Crippen LogP contribution in [-0.4, -0.2) is 11.9 Å². The van der Waals surface area contributed by atoms with E-state index in [4.69, 9.17) is 11.6 Å². The number of benzene rings is 1. The van der Waals surface area contributed by atoms with E-state index in [0.717, 1.165) is 17.4 Å². The summed E-state index contributed by atoms with van der Waals surface area (Å²) in [7, 11) is 0. The molecule has 21 heavy (non-hydrogen) atoms. The van der Waals surface area contributed by atoms with Crippen molar-refractivity contribution in [2.45, 2.75) is 38.6 Å². The van der Waals surface area contributed by atoms with E-state index < -0.39 is 0 Å². The van der Waals surface area contributed by atoms with Gasteiger partial charge in [-0.05, 0) is 61.6 Å². The van der Waals surface area contributed by atoms with E-state index in [-0.39, 0.29) is 11.9 Å². The van der Waals surface area contributed by atoms with Gasteiger partial charge in [-0.1, -0.05) is 36.2 Å². The van der Waals surface area contributed by atoms with Crippen molar-refractivity contribution in [2.75, 3.05) is 0 Å². The average Bonchev–Trinajstić information content (AvgIpc) is 3.09. The van der Waals surface area contributed by atoms with Gasteiger partial charge in [-0.25, -0.2) is 0 Å². The highest BCUT2D eigenvalue weighted by Crippen LogP contribution is 2.49. The molecule has 1 aromatic carbocycles. The first-order valence-corrected chi connectivity index (χ1v) is 8.24. The number of rotatable bonds is 4. The Balaban J connectivity index is 1.55. The van der Waals surface area contributed by atoms with E-state index in [2.05, 4.69) is 12.2 Å². The molecule has 0 aromatic heterocycles. The Morgan fingerprint density at radius 1 is 1.33 bits per heavy atom. The van der Waals surface area contributed by atoms with Gasteiger partial charge in [0.2, 0.25) is 5.91 Å². The smallest absolute Gasteiger partial charge is 0.244 e. The molecule has 1 amide bonds. The van der Waals surface area contributed by atoms with Crippen LogP contribution < -0.4 is 5.32 Å². The lowest BCUT2D eigenvalue weighted by atomic mass is 9.84. The second kappa shape index (κ2) is 6.23. The minimum Gasteiger partial charge on any atom is -0.350 e. The number of nitrogens with one attached hydrogen (secondary N) is 1. The second-order valence-corrected chi connectivity index (χ2v) is 6.90. The third kappa shape index (κ3) is 3.32. The van der Waals surface area contributed by atoms with Crippen LogP contribution in [0.4, 0.5) is 0 Å². The summed E-state index contributed by atoms with van der Waals surface area (Å²) < 4.78 is 0. The molecule has 0 aliphatic heterocycles. The maximum atomic E-state index is 12.1. The van der Waals surface area contributed by atoms with Crippen molar-refractivity contribution in [3.05, 3.63) is 40.9 Å². The van der Waals surface area contributed by atoms with E-state index in [1.54, 1.807) is 12.2 Å². The van der Waals surface area contributed by atoms with Crippen molar-refractivity contribution in [3.63, 3.8) is 0 Å². The summed E-state index contributed by atoms with van der Waals surface area (Å²) in [6, 6.07) is 7.81. The average molecular weight is 304 g/mol. The number of amides is 1. The van der Waals surface area contributed by atoms with Gasteiger partial charge in [-0.2, -0.15) is 0 Å². The summed E-state index contributed by atoms with van der Waals surface area (Å²) in [6.45, 7) is 2.15. The Morgan fingerprint density at radius 3 is 2.81 bits per heavy atom. The maximum Gasteiger partial charge on any atom is 0.244 e. The van der Waals surface area contributed by atoms with Crippen LogP contribution in [0, 0.1) is 17.8 Å². The molecule has 1 N–H and O–H groups in total. The highest BCUT2D eigenvalue weighted by Gasteiger charge is 2.41. The van der Waals surface area contributed by atoms with Gasteiger partial charge in [0.15, 0.2) is 0 Å². The quantitative estimate of drug-likeness (QED) is 0.826. The van der Waals surface area contributed by atoms with Crippen molar-refractivity contribution in [3.8, 4) is 0 Å². The van der Waals surface area contributed by atoms with Crippen LogP contribution >= 0.6 is 11.6 Å². The number of hydrogen-bond donors (Lipinski definition) is 1. The zero-order valence-electron chi connectivity index (χ0n) is 12.4. The number of halogens is 1. The topological polar surface area (TPSA) is 29.1 Å². The minimum atomic E-state index is -0.0230. The number of fused-ring (bicyclic) bond motifs is 2. The molecule has 112 valence electrons. The summed E-state index contributed by atoms with van der Waals surface area (Å²) in [5, 5.41) is 3.80. The van der Waals surface area contributed by atoms with Gasteiger partial charge in [0, 0.05) is 17.1 Å². The number of carbonyl (C=O) groups excluding carboxylic acids is 1. The lowest BCUT2D eigenvalue weighted by Gasteiger charge is -2.28. The predicted octanol–water partition coefficient (Wildman–Crippen LogP) is 4.29. The fourth-order valence-electron chi connectivity index (χ4n) is 4.06. The highest BCUT2D eigenvalue weighted by atomic mass is 35.5. The largest absolute Gasteiger partial charge is 0.350 e. The molecule has 4 atom stereocenters. The van der Waals surface area contributed by atoms with Crippen LogP contribution in [-0.2, 0) is 4.79 Å². The van der Waals surface area contributed by atoms with Gasteiger partial charge in [0.05, 0.1) is 0 Å². The molecule has 2 saturated carbocycles. The molecule has 3 rings (SSSR count). The Bertz CT molecular complexity index is 554. The lowest BCUT2D eigenvalue weighted by Crippen LogP contribution is -2.39. The van der Waals surface area contributed by atoms with Crippen LogP contribution in [0.3, 0.4) is 0 Å².